The van der Waals surface area contributed by atoms with Gasteiger partial charge in [-0.25, -0.2) is 0 Å². The molecule has 138 valence electrons. The molecule has 0 saturated carbocycles. The summed E-state index contributed by atoms with van der Waals surface area (Å²) in [6.45, 7) is -2.15. The topological polar surface area (TPSA) is 48.0 Å². The van der Waals surface area contributed by atoms with E-state index in [0.717, 1.165) is 11.1 Å². The van der Waals surface area contributed by atoms with Crippen molar-refractivity contribution in [1.29, 1.82) is 0 Å². The van der Waals surface area contributed by atoms with E-state index >= 15 is 0 Å². The van der Waals surface area contributed by atoms with Gasteiger partial charge in [0.25, 0.3) is 5.91 Å². The highest BCUT2D eigenvalue weighted by atomic mass is 19.3. The number of ether oxygens (including phenoxy) is 3. The molecule has 1 aliphatic heterocycles. The average Bonchev–Trinajstić information content (AvgIpc) is 2.65. The van der Waals surface area contributed by atoms with Gasteiger partial charge in [0.15, 0.2) is 11.5 Å². The van der Waals surface area contributed by atoms with Crippen molar-refractivity contribution in [2.24, 2.45) is 0 Å². The van der Waals surface area contributed by atoms with Gasteiger partial charge in [-0.3, -0.25) is 4.79 Å². The Kier molecular flexibility index (Phi) is 5.25. The molecule has 5 nitrogen and oxygen atoms in total. The summed E-state index contributed by atoms with van der Waals surface area (Å²) in [6.07, 6.45) is 0.638. The Morgan fingerprint density at radius 2 is 1.69 bits per heavy atom. The van der Waals surface area contributed by atoms with Gasteiger partial charge in [-0.2, -0.15) is 8.78 Å². The molecular weight excluding hydrogens is 344 g/mol. The van der Waals surface area contributed by atoms with Crippen LogP contribution in [0.3, 0.4) is 0 Å². The van der Waals surface area contributed by atoms with E-state index in [1.54, 1.807) is 31.3 Å². The second kappa shape index (κ2) is 7.59. The Morgan fingerprint density at radius 1 is 1.04 bits per heavy atom. The standard InChI is InChI=1S/C19H19F2NO4/c1-24-16-9-12-7-8-22(11-13(12)10-17(16)25-2)18(23)14-5-3-4-6-15(14)26-19(20)21/h3-6,9-10,19H,7-8,11H2,1-2H3. The first-order valence-corrected chi connectivity index (χ1v) is 8.10. The number of carbonyl (C=O) groups excluding carboxylic acids is 1. The van der Waals surface area contributed by atoms with Crippen molar-refractivity contribution in [3.63, 3.8) is 0 Å². The zero-order valence-corrected chi connectivity index (χ0v) is 14.5. The lowest BCUT2D eigenvalue weighted by molar-refractivity contribution is -0.0503. The molecule has 1 amide bonds. The molecule has 0 aromatic heterocycles. The van der Waals surface area contributed by atoms with Gasteiger partial charge in [0.1, 0.15) is 5.75 Å². The number of hydrogen-bond donors (Lipinski definition) is 0. The Labute approximate surface area is 150 Å². The minimum absolute atomic E-state index is 0.120. The number of alkyl halides is 2. The molecule has 1 aliphatic rings. The van der Waals surface area contributed by atoms with Gasteiger partial charge < -0.3 is 19.1 Å². The largest absolute Gasteiger partial charge is 0.493 e. The van der Waals surface area contributed by atoms with Gasteiger partial charge in [-0.1, -0.05) is 12.1 Å². The maximum absolute atomic E-state index is 12.8. The summed E-state index contributed by atoms with van der Waals surface area (Å²) in [6, 6.07) is 9.78. The summed E-state index contributed by atoms with van der Waals surface area (Å²) < 4.78 is 40.3. The zero-order valence-electron chi connectivity index (χ0n) is 14.5. The van der Waals surface area contributed by atoms with E-state index in [9.17, 15) is 13.6 Å². The van der Waals surface area contributed by atoms with E-state index < -0.39 is 6.61 Å². The fourth-order valence-electron chi connectivity index (χ4n) is 3.07. The molecule has 0 unspecified atom stereocenters. The third kappa shape index (κ3) is 3.56. The van der Waals surface area contributed by atoms with Crippen LogP contribution in [0.1, 0.15) is 21.5 Å². The number of methoxy groups -OCH3 is 2. The van der Waals surface area contributed by atoms with E-state index in [-0.39, 0.29) is 17.2 Å². The van der Waals surface area contributed by atoms with Crippen molar-refractivity contribution in [2.45, 2.75) is 19.6 Å². The summed E-state index contributed by atoms with van der Waals surface area (Å²) in [4.78, 5) is 14.4. The highest BCUT2D eigenvalue weighted by Crippen LogP contribution is 2.34. The SMILES string of the molecule is COc1cc2c(cc1OC)CN(C(=O)c1ccccc1OC(F)F)CC2. The van der Waals surface area contributed by atoms with Crippen LogP contribution in [0.4, 0.5) is 8.78 Å². The molecule has 7 heteroatoms. The fraction of sp³-hybridized carbons (Fsp3) is 0.316. The number of halogens is 2. The van der Waals surface area contributed by atoms with Gasteiger partial charge in [-0.15, -0.1) is 0 Å². The van der Waals surface area contributed by atoms with Crippen molar-refractivity contribution in [3.8, 4) is 17.2 Å². The van der Waals surface area contributed by atoms with Gasteiger partial charge in [-0.05, 0) is 41.8 Å². The van der Waals surface area contributed by atoms with Crippen LogP contribution in [0.5, 0.6) is 17.2 Å². The van der Waals surface area contributed by atoms with E-state index in [4.69, 9.17) is 9.47 Å². The first-order chi connectivity index (χ1) is 12.5. The molecule has 0 fully saturated rings. The summed E-state index contributed by atoms with van der Waals surface area (Å²) in [7, 11) is 3.12. The second-order valence-electron chi connectivity index (χ2n) is 5.83. The summed E-state index contributed by atoms with van der Waals surface area (Å²) >= 11 is 0. The van der Waals surface area contributed by atoms with Crippen molar-refractivity contribution in [3.05, 3.63) is 53.1 Å². The van der Waals surface area contributed by atoms with Crippen LogP contribution < -0.4 is 14.2 Å². The first-order valence-electron chi connectivity index (χ1n) is 8.10. The highest BCUT2D eigenvalue weighted by Gasteiger charge is 2.26. The van der Waals surface area contributed by atoms with Crippen molar-refractivity contribution >= 4 is 5.91 Å². The average molecular weight is 363 g/mol. The van der Waals surface area contributed by atoms with Gasteiger partial charge in [0, 0.05) is 13.1 Å². The first kappa shape index (κ1) is 18.0. The predicted molar refractivity (Wildman–Crippen MR) is 91.1 cm³/mol. The minimum Gasteiger partial charge on any atom is -0.493 e. The predicted octanol–water partition coefficient (Wildman–Crippen LogP) is 3.50. The molecule has 0 saturated heterocycles. The Morgan fingerprint density at radius 3 is 2.35 bits per heavy atom. The number of para-hydroxylation sites is 1. The second-order valence-corrected chi connectivity index (χ2v) is 5.83. The highest BCUT2D eigenvalue weighted by molar-refractivity contribution is 5.97. The lowest BCUT2D eigenvalue weighted by atomic mass is 9.98. The lowest BCUT2D eigenvalue weighted by Crippen LogP contribution is -2.36. The van der Waals surface area contributed by atoms with Crippen LogP contribution in [0, 0.1) is 0 Å². The molecule has 0 atom stereocenters. The van der Waals surface area contributed by atoms with Crippen LogP contribution in [0.25, 0.3) is 0 Å². The van der Waals surface area contributed by atoms with Gasteiger partial charge >= 0.3 is 6.61 Å². The molecular formula is C19H19F2NO4. The van der Waals surface area contributed by atoms with E-state index in [1.807, 2.05) is 12.1 Å². The van der Waals surface area contributed by atoms with Crippen LogP contribution in [0.15, 0.2) is 36.4 Å². The fourth-order valence-corrected chi connectivity index (χ4v) is 3.07. The van der Waals surface area contributed by atoms with E-state index in [1.165, 1.54) is 12.1 Å². The molecule has 0 aliphatic carbocycles. The summed E-state index contributed by atoms with van der Waals surface area (Å²) in [5, 5.41) is 0. The van der Waals surface area contributed by atoms with Crippen LogP contribution in [-0.2, 0) is 13.0 Å². The Balaban J connectivity index is 1.86. The number of hydrogen-bond acceptors (Lipinski definition) is 4. The molecule has 2 aromatic rings. The zero-order chi connectivity index (χ0) is 18.7. The number of rotatable bonds is 5. The number of carbonyl (C=O) groups is 1. The maximum Gasteiger partial charge on any atom is 0.387 e. The molecule has 0 bridgehead atoms. The molecule has 26 heavy (non-hydrogen) atoms. The Bertz CT molecular complexity index is 810. The summed E-state index contributed by atoms with van der Waals surface area (Å²) in [5.41, 5.74) is 2.13. The quantitative estimate of drug-likeness (QED) is 0.816. The monoisotopic (exact) mass is 363 g/mol. The maximum atomic E-state index is 12.8. The number of amides is 1. The van der Waals surface area contributed by atoms with E-state index in [0.29, 0.717) is 31.0 Å². The lowest BCUT2D eigenvalue weighted by Gasteiger charge is -2.30. The molecule has 0 spiro atoms. The molecule has 1 heterocycles. The Hall–Kier alpha value is -2.83. The molecule has 0 radical (unpaired) electrons. The molecule has 0 N–H and O–H groups in total. The third-order valence-electron chi connectivity index (χ3n) is 4.34. The normalized spacial score (nSPS) is 13.3. The molecule has 2 aromatic carbocycles. The third-order valence-corrected chi connectivity index (χ3v) is 4.34. The van der Waals surface area contributed by atoms with Crippen LogP contribution in [-0.4, -0.2) is 38.2 Å². The van der Waals surface area contributed by atoms with Crippen molar-refractivity contribution < 1.29 is 27.8 Å². The molecule has 3 rings (SSSR count). The van der Waals surface area contributed by atoms with Gasteiger partial charge in [0.05, 0.1) is 19.8 Å². The number of nitrogens with zero attached hydrogens (tertiary/aromatic N) is 1. The van der Waals surface area contributed by atoms with Crippen molar-refractivity contribution in [2.75, 3.05) is 20.8 Å². The van der Waals surface area contributed by atoms with Crippen molar-refractivity contribution in [1.82, 2.24) is 4.90 Å². The number of fused-ring (bicyclic) bond motifs is 1. The van der Waals surface area contributed by atoms with Crippen LogP contribution >= 0.6 is 0 Å². The number of benzene rings is 2. The minimum atomic E-state index is -2.98. The summed E-state index contributed by atoms with van der Waals surface area (Å²) in [5.74, 6) is 0.760. The van der Waals surface area contributed by atoms with Crippen LogP contribution in [0.2, 0.25) is 0 Å². The smallest absolute Gasteiger partial charge is 0.387 e. The van der Waals surface area contributed by atoms with Gasteiger partial charge in [0.2, 0.25) is 0 Å². The van der Waals surface area contributed by atoms with E-state index in [2.05, 4.69) is 4.74 Å².